The van der Waals surface area contributed by atoms with Crippen LogP contribution in [0.2, 0.25) is 5.02 Å². The number of carbonyl (C=O) groups excluding carboxylic acids is 1. The number of hydrogen-bond acceptors (Lipinski definition) is 3. The first kappa shape index (κ1) is 16.1. The van der Waals surface area contributed by atoms with E-state index in [1.165, 1.54) is 0 Å². The fraction of sp³-hybridized carbons (Fsp3) is 0.105. The van der Waals surface area contributed by atoms with E-state index in [1.54, 1.807) is 24.4 Å². The average Bonchev–Trinajstić information content (AvgIpc) is 2.58. The first-order chi connectivity index (χ1) is 11.5. The molecule has 0 saturated heterocycles. The number of anilines is 1. The monoisotopic (exact) mass is 337 g/mol. The molecule has 0 saturated carbocycles. The normalized spacial score (nSPS) is 10.5. The van der Waals surface area contributed by atoms with Crippen LogP contribution in [0.3, 0.4) is 0 Å². The van der Waals surface area contributed by atoms with Crippen LogP contribution in [0, 0.1) is 13.8 Å². The van der Waals surface area contributed by atoms with E-state index in [4.69, 9.17) is 11.6 Å². The maximum atomic E-state index is 12.3. The Hall–Kier alpha value is -2.72. The molecule has 0 bridgehead atoms. The number of halogens is 1. The van der Waals surface area contributed by atoms with Gasteiger partial charge in [0.05, 0.1) is 5.69 Å². The Morgan fingerprint density at radius 2 is 1.79 bits per heavy atom. The number of benzene rings is 2. The van der Waals surface area contributed by atoms with Crippen molar-refractivity contribution in [1.29, 1.82) is 0 Å². The highest BCUT2D eigenvalue weighted by Crippen LogP contribution is 2.21. The van der Waals surface area contributed by atoms with Crippen LogP contribution in [0.1, 0.15) is 21.7 Å². The van der Waals surface area contributed by atoms with Gasteiger partial charge in [-0.25, -0.2) is 9.97 Å². The molecule has 0 spiro atoms. The predicted molar refractivity (Wildman–Crippen MR) is 96.3 cm³/mol. The van der Waals surface area contributed by atoms with E-state index < -0.39 is 0 Å². The van der Waals surface area contributed by atoms with E-state index in [2.05, 4.69) is 15.3 Å². The standard InChI is InChI=1S/C19H16ClN3O/c1-12-11-15(5-8-17(12)20)19(24)23-16-6-3-14(4-7-16)18-9-10-21-13(2)22-18/h3-11H,1-2H3,(H,23,24). The van der Waals surface area contributed by atoms with Gasteiger partial charge in [0.1, 0.15) is 5.82 Å². The Morgan fingerprint density at radius 3 is 2.46 bits per heavy atom. The summed E-state index contributed by atoms with van der Waals surface area (Å²) in [5.74, 6) is 0.559. The molecule has 24 heavy (non-hydrogen) atoms. The van der Waals surface area contributed by atoms with Gasteiger partial charge < -0.3 is 5.32 Å². The quantitative estimate of drug-likeness (QED) is 0.755. The SMILES string of the molecule is Cc1nccc(-c2ccc(NC(=O)c3ccc(Cl)c(C)c3)cc2)n1. The van der Waals surface area contributed by atoms with Gasteiger partial charge in [-0.2, -0.15) is 0 Å². The summed E-state index contributed by atoms with van der Waals surface area (Å²) in [6.45, 7) is 3.73. The first-order valence-corrected chi connectivity index (χ1v) is 7.88. The van der Waals surface area contributed by atoms with Gasteiger partial charge in [-0.05, 0) is 55.8 Å². The van der Waals surface area contributed by atoms with E-state index in [0.29, 0.717) is 10.6 Å². The average molecular weight is 338 g/mol. The zero-order chi connectivity index (χ0) is 17.1. The molecular weight excluding hydrogens is 322 g/mol. The molecule has 0 fully saturated rings. The van der Waals surface area contributed by atoms with Crippen molar-refractivity contribution in [3.05, 3.63) is 76.7 Å². The first-order valence-electron chi connectivity index (χ1n) is 7.50. The topological polar surface area (TPSA) is 54.9 Å². The largest absolute Gasteiger partial charge is 0.322 e. The van der Waals surface area contributed by atoms with Crippen LogP contribution < -0.4 is 5.32 Å². The predicted octanol–water partition coefficient (Wildman–Crippen LogP) is 4.67. The summed E-state index contributed by atoms with van der Waals surface area (Å²) in [6.07, 6.45) is 1.73. The zero-order valence-corrected chi connectivity index (χ0v) is 14.1. The number of aromatic nitrogens is 2. The molecule has 2 aromatic carbocycles. The van der Waals surface area contributed by atoms with Crippen molar-refractivity contribution >= 4 is 23.2 Å². The van der Waals surface area contributed by atoms with Crippen LogP contribution >= 0.6 is 11.6 Å². The lowest BCUT2D eigenvalue weighted by molar-refractivity contribution is 0.102. The Morgan fingerprint density at radius 1 is 1.04 bits per heavy atom. The van der Waals surface area contributed by atoms with E-state index in [9.17, 15) is 4.79 Å². The second-order valence-electron chi connectivity index (χ2n) is 5.48. The second kappa shape index (κ2) is 6.81. The van der Waals surface area contributed by atoms with Crippen LogP contribution in [0.25, 0.3) is 11.3 Å². The van der Waals surface area contributed by atoms with Crippen molar-refractivity contribution in [2.75, 3.05) is 5.32 Å². The molecule has 0 unspecified atom stereocenters. The molecule has 0 radical (unpaired) electrons. The minimum absolute atomic E-state index is 0.166. The number of hydrogen-bond donors (Lipinski definition) is 1. The third-order valence-corrected chi connectivity index (χ3v) is 4.06. The van der Waals surface area contributed by atoms with Crippen molar-refractivity contribution in [1.82, 2.24) is 9.97 Å². The molecule has 0 aliphatic heterocycles. The molecule has 1 N–H and O–H groups in total. The Balaban J connectivity index is 1.76. The summed E-state index contributed by atoms with van der Waals surface area (Å²) in [5.41, 5.74) is 4.00. The van der Waals surface area contributed by atoms with Gasteiger partial charge in [0, 0.05) is 28.0 Å². The fourth-order valence-electron chi connectivity index (χ4n) is 2.33. The molecular formula is C19H16ClN3O. The third-order valence-electron chi connectivity index (χ3n) is 3.63. The molecule has 0 atom stereocenters. The number of carbonyl (C=O) groups is 1. The molecule has 1 amide bonds. The summed E-state index contributed by atoms with van der Waals surface area (Å²) < 4.78 is 0. The molecule has 5 heteroatoms. The third kappa shape index (κ3) is 3.60. The minimum atomic E-state index is -0.166. The number of nitrogens with zero attached hydrogens (tertiary/aromatic N) is 2. The second-order valence-corrected chi connectivity index (χ2v) is 5.89. The number of rotatable bonds is 3. The highest BCUT2D eigenvalue weighted by atomic mass is 35.5. The zero-order valence-electron chi connectivity index (χ0n) is 13.4. The van der Waals surface area contributed by atoms with E-state index in [0.717, 1.165) is 28.3 Å². The van der Waals surface area contributed by atoms with Crippen LogP contribution in [-0.4, -0.2) is 15.9 Å². The van der Waals surface area contributed by atoms with Crippen molar-refractivity contribution in [3.63, 3.8) is 0 Å². The lowest BCUT2D eigenvalue weighted by Gasteiger charge is -2.08. The molecule has 0 aliphatic rings. The van der Waals surface area contributed by atoms with Crippen LogP contribution in [0.4, 0.5) is 5.69 Å². The summed E-state index contributed by atoms with van der Waals surface area (Å²) >= 11 is 5.99. The van der Waals surface area contributed by atoms with Gasteiger partial charge in [-0.3, -0.25) is 4.79 Å². The summed E-state index contributed by atoms with van der Waals surface area (Å²) in [4.78, 5) is 20.8. The summed E-state index contributed by atoms with van der Waals surface area (Å²) in [6, 6.07) is 14.6. The molecule has 4 nitrogen and oxygen atoms in total. The van der Waals surface area contributed by atoms with E-state index >= 15 is 0 Å². The highest BCUT2D eigenvalue weighted by Gasteiger charge is 2.08. The smallest absolute Gasteiger partial charge is 0.255 e. The van der Waals surface area contributed by atoms with E-state index in [1.807, 2.05) is 44.2 Å². The van der Waals surface area contributed by atoms with E-state index in [-0.39, 0.29) is 5.91 Å². The van der Waals surface area contributed by atoms with Crippen molar-refractivity contribution < 1.29 is 4.79 Å². The Kier molecular flexibility index (Phi) is 4.58. The molecule has 1 aromatic heterocycles. The van der Waals surface area contributed by atoms with Gasteiger partial charge in [-0.15, -0.1) is 0 Å². The van der Waals surface area contributed by atoms with Gasteiger partial charge in [-0.1, -0.05) is 23.7 Å². The van der Waals surface area contributed by atoms with Gasteiger partial charge >= 0.3 is 0 Å². The molecule has 120 valence electrons. The lowest BCUT2D eigenvalue weighted by atomic mass is 10.1. The van der Waals surface area contributed by atoms with Crippen molar-refractivity contribution in [2.45, 2.75) is 13.8 Å². The highest BCUT2D eigenvalue weighted by molar-refractivity contribution is 6.31. The molecule has 3 rings (SSSR count). The molecule has 1 heterocycles. The van der Waals surface area contributed by atoms with Crippen molar-refractivity contribution in [3.8, 4) is 11.3 Å². The maximum Gasteiger partial charge on any atom is 0.255 e. The van der Waals surface area contributed by atoms with Crippen molar-refractivity contribution in [2.24, 2.45) is 0 Å². The van der Waals surface area contributed by atoms with Gasteiger partial charge in [0.2, 0.25) is 0 Å². The van der Waals surface area contributed by atoms with Crippen LogP contribution in [0.5, 0.6) is 0 Å². The lowest BCUT2D eigenvalue weighted by Crippen LogP contribution is -2.11. The molecule has 0 aliphatic carbocycles. The Bertz CT molecular complexity index is 891. The minimum Gasteiger partial charge on any atom is -0.322 e. The number of aryl methyl sites for hydroxylation is 2. The van der Waals surface area contributed by atoms with Crippen LogP contribution in [-0.2, 0) is 0 Å². The Labute approximate surface area is 145 Å². The number of nitrogens with one attached hydrogen (secondary N) is 1. The summed E-state index contributed by atoms with van der Waals surface area (Å²) in [7, 11) is 0. The fourth-order valence-corrected chi connectivity index (χ4v) is 2.45. The van der Waals surface area contributed by atoms with Crippen LogP contribution in [0.15, 0.2) is 54.7 Å². The van der Waals surface area contributed by atoms with Gasteiger partial charge in [0.15, 0.2) is 0 Å². The summed E-state index contributed by atoms with van der Waals surface area (Å²) in [5, 5.41) is 3.53. The van der Waals surface area contributed by atoms with Gasteiger partial charge in [0.25, 0.3) is 5.91 Å². The molecule has 3 aromatic rings. The maximum absolute atomic E-state index is 12.3. The number of amides is 1.